The van der Waals surface area contributed by atoms with E-state index in [-0.39, 0.29) is 0 Å². The Kier molecular flexibility index (Phi) is 14.6. The number of guanidine groups is 1. The van der Waals surface area contributed by atoms with Crippen molar-refractivity contribution in [2.24, 2.45) is 4.99 Å². The monoisotopic (exact) mass is 367 g/mol. The van der Waals surface area contributed by atoms with Crippen LogP contribution in [-0.4, -0.2) is 75.7 Å². The normalized spacial score (nSPS) is 16.8. The van der Waals surface area contributed by atoms with Gasteiger partial charge in [-0.1, -0.05) is 51.9 Å². The maximum Gasteiger partial charge on any atom is 0.190 e. The standard InChI is InChI=1S/C21H45N5/c1-4-5-6-7-8-9-10-11-14-23-21(22-2)24-15-12-13-16-26-19-17-25(3)18-20-26/h4-20H2,1-3H3,(H2,22,23,24). The Morgan fingerprint density at radius 3 is 1.88 bits per heavy atom. The van der Waals surface area contributed by atoms with Gasteiger partial charge in [0.25, 0.3) is 0 Å². The topological polar surface area (TPSA) is 42.9 Å². The summed E-state index contributed by atoms with van der Waals surface area (Å²) in [5.74, 6) is 0.965. The number of unbranched alkanes of at least 4 members (excludes halogenated alkanes) is 8. The van der Waals surface area contributed by atoms with E-state index in [0.29, 0.717) is 0 Å². The predicted octanol–water partition coefficient (Wildman–Crippen LogP) is 3.32. The van der Waals surface area contributed by atoms with Crippen LogP contribution in [0.3, 0.4) is 0 Å². The van der Waals surface area contributed by atoms with E-state index in [1.54, 1.807) is 0 Å². The molecule has 1 heterocycles. The summed E-state index contributed by atoms with van der Waals surface area (Å²) >= 11 is 0. The second-order valence-electron chi connectivity index (χ2n) is 7.75. The number of piperazine rings is 1. The number of hydrogen-bond acceptors (Lipinski definition) is 3. The van der Waals surface area contributed by atoms with E-state index in [1.165, 1.54) is 96.9 Å². The van der Waals surface area contributed by atoms with Crippen LogP contribution >= 0.6 is 0 Å². The lowest BCUT2D eigenvalue weighted by Gasteiger charge is -2.32. The highest BCUT2D eigenvalue weighted by Gasteiger charge is 2.12. The first-order valence-corrected chi connectivity index (χ1v) is 11.1. The van der Waals surface area contributed by atoms with Gasteiger partial charge in [-0.05, 0) is 32.9 Å². The first-order chi connectivity index (χ1) is 12.8. The van der Waals surface area contributed by atoms with Crippen molar-refractivity contribution in [1.29, 1.82) is 0 Å². The Labute approximate surface area is 163 Å². The summed E-state index contributed by atoms with van der Waals surface area (Å²) < 4.78 is 0. The minimum Gasteiger partial charge on any atom is -0.356 e. The highest BCUT2D eigenvalue weighted by molar-refractivity contribution is 5.79. The zero-order valence-electron chi connectivity index (χ0n) is 17.9. The van der Waals surface area contributed by atoms with Crippen LogP contribution < -0.4 is 10.6 Å². The molecule has 0 spiro atoms. The van der Waals surface area contributed by atoms with Crippen LogP contribution in [0, 0.1) is 0 Å². The van der Waals surface area contributed by atoms with E-state index >= 15 is 0 Å². The van der Waals surface area contributed by atoms with Gasteiger partial charge in [0.2, 0.25) is 0 Å². The zero-order chi connectivity index (χ0) is 18.9. The molecule has 0 aromatic heterocycles. The summed E-state index contributed by atoms with van der Waals surface area (Å²) in [4.78, 5) is 9.34. The van der Waals surface area contributed by atoms with E-state index < -0.39 is 0 Å². The Morgan fingerprint density at radius 1 is 0.769 bits per heavy atom. The predicted molar refractivity (Wildman–Crippen MR) is 115 cm³/mol. The Bertz CT molecular complexity index is 337. The lowest BCUT2D eigenvalue weighted by molar-refractivity contribution is 0.152. The molecule has 0 aromatic carbocycles. The Balaban J connectivity index is 1.89. The van der Waals surface area contributed by atoms with Crippen LogP contribution in [0.25, 0.3) is 0 Å². The van der Waals surface area contributed by atoms with Crippen molar-refractivity contribution in [3.05, 3.63) is 0 Å². The molecule has 0 aromatic rings. The number of nitrogens with one attached hydrogen (secondary N) is 2. The molecule has 0 bridgehead atoms. The van der Waals surface area contributed by atoms with E-state index in [2.05, 4.69) is 39.4 Å². The van der Waals surface area contributed by atoms with Gasteiger partial charge in [0.15, 0.2) is 5.96 Å². The fraction of sp³-hybridized carbons (Fsp3) is 0.952. The van der Waals surface area contributed by atoms with Crippen molar-refractivity contribution in [1.82, 2.24) is 20.4 Å². The van der Waals surface area contributed by atoms with Gasteiger partial charge < -0.3 is 20.4 Å². The fourth-order valence-corrected chi connectivity index (χ4v) is 3.42. The van der Waals surface area contributed by atoms with Crippen LogP contribution in [-0.2, 0) is 0 Å². The van der Waals surface area contributed by atoms with Crippen molar-refractivity contribution >= 4 is 5.96 Å². The molecule has 0 atom stereocenters. The summed E-state index contributed by atoms with van der Waals surface area (Å²) in [5, 5.41) is 6.90. The van der Waals surface area contributed by atoms with Gasteiger partial charge in [0, 0.05) is 46.3 Å². The molecule has 1 fully saturated rings. The molecule has 1 rings (SSSR count). The number of nitrogens with zero attached hydrogens (tertiary/aromatic N) is 3. The molecule has 0 saturated carbocycles. The van der Waals surface area contributed by atoms with Gasteiger partial charge in [0.1, 0.15) is 0 Å². The molecule has 1 aliphatic rings. The largest absolute Gasteiger partial charge is 0.356 e. The lowest BCUT2D eigenvalue weighted by Crippen LogP contribution is -2.44. The third-order valence-corrected chi connectivity index (χ3v) is 5.34. The van der Waals surface area contributed by atoms with Gasteiger partial charge >= 0.3 is 0 Å². The van der Waals surface area contributed by atoms with Crippen LogP contribution in [0.2, 0.25) is 0 Å². The van der Waals surface area contributed by atoms with Gasteiger partial charge in [-0.3, -0.25) is 4.99 Å². The number of likely N-dealkylation sites (N-methyl/N-ethyl adjacent to an activating group) is 1. The molecular formula is C21H45N5. The first-order valence-electron chi connectivity index (χ1n) is 11.1. The van der Waals surface area contributed by atoms with E-state index in [4.69, 9.17) is 0 Å². The molecule has 154 valence electrons. The molecule has 5 nitrogen and oxygen atoms in total. The first kappa shape index (κ1) is 23.2. The Hall–Kier alpha value is -0.810. The number of hydrogen-bond donors (Lipinski definition) is 2. The SMILES string of the molecule is CCCCCCCCCCNC(=NC)NCCCCN1CCN(C)CC1. The average Bonchev–Trinajstić information content (AvgIpc) is 2.66. The highest BCUT2D eigenvalue weighted by Crippen LogP contribution is 2.07. The van der Waals surface area contributed by atoms with E-state index in [1.807, 2.05) is 7.05 Å². The summed E-state index contributed by atoms with van der Waals surface area (Å²) in [5.41, 5.74) is 0. The van der Waals surface area contributed by atoms with Crippen LogP contribution in [0.4, 0.5) is 0 Å². The summed E-state index contributed by atoms with van der Waals surface area (Å²) in [7, 11) is 4.08. The van der Waals surface area contributed by atoms with Gasteiger partial charge in [0.05, 0.1) is 0 Å². The quantitative estimate of drug-likeness (QED) is 0.281. The van der Waals surface area contributed by atoms with Crippen molar-refractivity contribution in [2.45, 2.75) is 71.1 Å². The lowest BCUT2D eigenvalue weighted by atomic mass is 10.1. The third-order valence-electron chi connectivity index (χ3n) is 5.34. The molecule has 1 saturated heterocycles. The second-order valence-corrected chi connectivity index (χ2v) is 7.75. The molecule has 0 unspecified atom stereocenters. The number of rotatable bonds is 14. The summed E-state index contributed by atoms with van der Waals surface area (Å²) in [6.07, 6.45) is 13.4. The molecule has 5 heteroatoms. The van der Waals surface area contributed by atoms with Gasteiger partial charge in [-0.15, -0.1) is 0 Å². The maximum atomic E-state index is 4.33. The maximum absolute atomic E-state index is 4.33. The van der Waals surface area contributed by atoms with Crippen LogP contribution in [0.1, 0.15) is 71.1 Å². The van der Waals surface area contributed by atoms with Gasteiger partial charge in [-0.2, -0.15) is 0 Å². The average molecular weight is 368 g/mol. The summed E-state index contributed by atoms with van der Waals surface area (Å²) in [6, 6.07) is 0. The highest BCUT2D eigenvalue weighted by atomic mass is 15.2. The van der Waals surface area contributed by atoms with Crippen molar-refractivity contribution in [3.8, 4) is 0 Å². The fourth-order valence-electron chi connectivity index (χ4n) is 3.42. The molecule has 26 heavy (non-hydrogen) atoms. The molecule has 0 radical (unpaired) electrons. The second kappa shape index (κ2) is 16.4. The van der Waals surface area contributed by atoms with Crippen LogP contribution in [0.15, 0.2) is 4.99 Å². The molecule has 0 aliphatic carbocycles. The minimum absolute atomic E-state index is 0.965. The van der Waals surface area contributed by atoms with E-state index in [9.17, 15) is 0 Å². The summed E-state index contributed by atoms with van der Waals surface area (Å²) in [6.45, 7) is 10.5. The molecule has 1 aliphatic heterocycles. The van der Waals surface area contributed by atoms with Gasteiger partial charge in [-0.25, -0.2) is 0 Å². The van der Waals surface area contributed by atoms with Crippen molar-refractivity contribution in [3.63, 3.8) is 0 Å². The molecule has 2 N–H and O–H groups in total. The zero-order valence-corrected chi connectivity index (χ0v) is 17.9. The molecular weight excluding hydrogens is 322 g/mol. The van der Waals surface area contributed by atoms with Crippen LogP contribution in [0.5, 0.6) is 0 Å². The van der Waals surface area contributed by atoms with E-state index in [0.717, 1.165) is 19.0 Å². The molecule has 0 amide bonds. The Morgan fingerprint density at radius 2 is 1.31 bits per heavy atom. The smallest absolute Gasteiger partial charge is 0.190 e. The number of aliphatic imine (C=N–C) groups is 1. The van der Waals surface area contributed by atoms with Crippen molar-refractivity contribution in [2.75, 3.05) is 59.9 Å². The third kappa shape index (κ3) is 12.5. The minimum atomic E-state index is 0.965. The van der Waals surface area contributed by atoms with Crippen molar-refractivity contribution < 1.29 is 0 Å².